The molecule has 0 amide bonds. The van der Waals surface area contributed by atoms with E-state index in [1.807, 2.05) is 13.0 Å². The Labute approximate surface area is 115 Å². The summed E-state index contributed by atoms with van der Waals surface area (Å²) in [7, 11) is 1.52. The van der Waals surface area contributed by atoms with Gasteiger partial charge in [0.1, 0.15) is 0 Å². The number of nitrogen functional groups attached to an aromatic ring is 1. The molecular weight excluding hydrogens is 260 g/mol. The zero-order valence-electron chi connectivity index (χ0n) is 11.1. The number of hydrogen-bond donors (Lipinski definition) is 2. The number of carbonyl (C=O) groups is 1. The van der Waals surface area contributed by atoms with Crippen LogP contribution in [0.4, 0.5) is 5.69 Å². The fourth-order valence-corrected chi connectivity index (χ4v) is 1.62. The molecule has 0 aliphatic heterocycles. The molecule has 0 unspecified atom stereocenters. The van der Waals surface area contributed by atoms with Crippen molar-refractivity contribution in [2.24, 2.45) is 0 Å². The van der Waals surface area contributed by atoms with Crippen LogP contribution < -0.4 is 15.2 Å². The fraction of sp³-hybridized carbons (Fsp3) is 0.143. The number of aromatic nitrogens is 1. The van der Waals surface area contributed by atoms with Gasteiger partial charge in [0.05, 0.1) is 12.8 Å². The predicted octanol–water partition coefficient (Wildman–Crippen LogP) is 2.47. The molecule has 0 spiro atoms. The maximum absolute atomic E-state index is 10.9. The van der Waals surface area contributed by atoms with Crippen LogP contribution in [0.3, 0.4) is 0 Å². The molecule has 6 heteroatoms. The van der Waals surface area contributed by atoms with Crippen LogP contribution in [0.25, 0.3) is 0 Å². The monoisotopic (exact) mass is 274 g/mol. The number of anilines is 1. The Morgan fingerprint density at radius 1 is 1.25 bits per heavy atom. The van der Waals surface area contributed by atoms with Crippen molar-refractivity contribution < 1.29 is 19.4 Å². The number of rotatable bonds is 4. The van der Waals surface area contributed by atoms with E-state index < -0.39 is 5.97 Å². The van der Waals surface area contributed by atoms with E-state index in [9.17, 15) is 4.79 Å². The van der Waals surface area contributed by atoms with Crippen molar-refractivity contribution in [1.29, 1.82) is 0 Å². The second-order valence-corrected chi connectivity index (χ2v) is 4.15. The number of nitrogens with two attached hydrogens (primary N) is 1. The standard InChI is InChI=1S/C14H14N2O4/c1-8-3-6-11(12(7-8)19-2)20-13-9(15)4-5-10(16-13)14(17)18/h3-7H,15H2,1-2H3,(H,17,18). The van der Waals surface area contributed by atoms with E-state index >= 15 is 0 Å². The van der Waals surface area contributed by atoms with Crippen molar-refractivity contribution in [3.05, 3.63) is 41.6 Å². The molecule has 104 valence electrons. The van der Waals surface area contributed by atoms with Gasteiger partial charge in [-0.15, -0.1) is 0 Å². The summed E-state index contributed by atoms with van der Waals surface area (Å²) >= 11 is 0. The van der Waals surface area contributed by atoms with Crippen LogP contribution in [0.5, 0.6) is 17.4 Å². The minimum absolute atomic E-state index is 0.0343. The smallest absolute Gasteiger partial charge is 0.354 e. The highest BCUT2D eigenvalue weighted by atomic mass is 16.5. The summed E-state index contributed by atoms with van der Waals surface area (Å²) < 4.78 is 10.8. The van der Waals surface area contributed by atoms with Gasteiger partial charge >= 0.3 is 5.97 Å². The highest BCUT2D eigenvalue weighted by Crippen LogP contribution is 2.33. The Bertz CT molecular complexity index is 656. The number of aryl methyl sites for hydroxylation is 1. The lowest BCUT2D eigenvalue weighted by atomic mass is 10.2. The van der Waals surface area contributed by atoms with E-state index in [1.54, 1.807) is 12.1 Å². The van der Waals surface area contributed by atoms with Gasteiger partial charge in [-0.25, -0.2) is 9.78 Å². The second kappa shape index (κ2) is 5.48. The average Bonchev–Trinajstić information content (AvgIpc) is 2.42. The van der Waals surface area contributed by atoms with Gasteiger partial charge in [-0.3, -0.25) is 0 Å². The first-order valence-electron chi connectivity index (χ1n) is 5.83. The van der Waals surface area contributed by atoms with Crippen molar-refractivity contribution in [2.75, 3.05) is 12.8 Å². The first kappa shape index (κ1) is 13.7. The molecule has 1 aromatic carbocycles. The quantitative estimate of drug-likeness (QED) is 0.889. The minimum Gasteiger partial charge on any atom is -0.493 e. The van der Waals surface area contributed by atoms with Gasteiger partial charge < -0.3 is 20.3 Å². The molecule has 6 nitrogen and oxygen atoms in total. The molecule has 1 heterocycles. The fourth-order valence-electron chi connectivity index (χ4n) is 1.62. The molecule has 3 N–H and O–H groups in total. The van der Waals surface area contributed by atoms with Gasteiger partial charge in [-0.1, -0.05) is 6.07 Å². The molecule has 0 saturated carbocycles. The molecule has 0 aliphatic rings. The van der Waals surface area contributed by atoms with Gasteiger partial charge in [0.25, 0.3) is 0 Å². The summed E-state index contributed by atoms with van der Waals surface area (Å²) in [5.74, 6) is -0.176. The van der Waals surface area contributed by atoms with E-state index in [4.69, 9.17) is 20.3 Å². The summed E-state index contributed by atoms with van der Waals surface area (Å²) in [6.45, 7) is 1.92. The minimum atomic E-state index is -1.15. The van der Waals surface area contributed by atoms with E-state index in [0.717, 1.165) is 5.56 Å². The SMILES string of the molecule is COc1cc(C)ccc1Oc1nc(C(=O)O)ccc1N. The largest absolute Gasteiger partial charge is 0.493 e. The zero-order chi connectivity index (χ0) is 14.7. The van der Waals surface area contributed by atoms with Crippen LogP contribution in [0.2, 0.25) is 0 Å². The van der Waals surface area contributed by atoms with Gasteiger partial charge in [0, 0.05) is 0 Å². The van der Waals surface area contributed by atoms with Crippen LogP contribution in [0.1, 0.15) is 16.1 Å². The highest BCUT2D eigenvalue weighted by molar-refractivity contribution is 5.86. The summed E-state index contributed by atoms with van der Waals surface area (Å²) in [5.41, 5.74) is 6.86. The van der Waals surface area contributed by atoms with Gasteiger partial charge in [0.15, 0.2) is 17.2 Å². The molecule has 0 atom stereocenters. The van der Waals surface area contributed by atoms with Crippen LogP contribution >= 0.6 is 0 Å². The third-order valence-corrected chi connectivity index (χ3v) is 2.63. The third kappa shape index (κ3) is 2.80. The number of carboxylic acids is 1. The molecule has 20 heavy (non-hydrogen) atoms. The predicted molar refractivity (Wildman–Crippen MR) is 73.4 cm³/mol. The molecule has 1 aromatic heterocycles. The third-order valence-electron chi connectivity index (χ3n) is 2.63. The number of pyridine rings is 1. The van der Waals surface area contributed by atoms with Crippen LogP contribution in [0, 0.1) is 6.92 Å². The van der Waals surface area contributed by atoms with E-state index in [-0.39, 0.29) is 17.3 Å². The van der Waals surface area contributed by atoms with Crippen molar-refractivity contribution >= 4 is 11.7 Å². The summed E-state index contributed by atoms with van der Waals surface area (Å²) in [6, 6.07) is 8.10. The van der Waals surface area contributed by atoms with Crippen LogP contribution in [-0.4, -0.2) is 23.2 Å². The van der Waals surface area contributed by atoms with E-state index in [2.05, 4.69) is 4.98 Å². The number of methoxy groups -OCH3 is 1. The van der Waals surface area contributed by atoms with E-state index in [1.165, 1.54) is 19.2 Å². The topological polar surface area (TPSA) is 94.7 Å². The molecule has 0 radical (unpaired) electrons. The molecule has 0 saturated heterocycles. The first-order chi connectivity index (χ1) is 9.51. The molecule has 0 fully saturated rings. The number of benzene rings is 1. The van der Waals surface area contributed by atoms with E-state index in [0.29, 0.717) is 11.5 Å². The average molecular weight is 274 g/mol. The maximum atomic E-state index is 10.9. The van der Waals surface area contributed by atoms with Gasteiger partial charge in [-0.2, -0.15) is 0 Å². The summed E-state index contributed by atoms with van der Waals surface area (Å²) in [5, 5.41) is 8.92. The van der Waals surface area contributed by atoms with Crippen molar-refractivity contribution in [3.8, 4) is 17.4 Å². The van der Waals surface area contributed by atoms with Gasteiger partial charge in [0.2, 0.25) is 5.88 Å². The second-order valence-electron chi connectivity index (χ2n) is 4.15. The number of ether oxygens (including phenoxy) is 2. The lowest BCUT2D eigenvalue weighted by Gasteiger charge is -2.12. The van der Waals surface area contributed by atoms with Crippen molar-refractivity contribution in [1.82, 2.24) is 4.98 Å². The molecule has 0 bridgehead atoms. The van der Waals surface area contributed by atoms with Crippen molar-refractivity contribution in [2.45, 2.75) is 6.92 Å². The van der Waals surface area contributed by atoms with Crippen LogP contribution in [0.15, 0.2) is 30.3 Å². The molecule has 2 rings (SSSR count). The molecule has 0 aliphatic carbocycles. The number of aromatic carboxylic acids is 1. The van der Waals surface area contributed by atoms with Crippen LogP contribution in [-0.2, 0) is 0 Å². The molecule has 2 aromatic rings. The molecular formula is C14H14N2O4. The Morgan fingerprint density at radius 2 is 2.00 bits per heavy atom. The first-order valence-corrected chi connectivity index (χ1v) is 5.83. The number of carboxylic acid groups (broad SMARTS) is 1. The Balaban J connectivity index is 2.39. The summed E-state index contributed by atoms with van der Waals surface area (Å²) in [4.78, 5) is 14.8. The lowest BCUT2D eigenvalue weighted by Crippen LogP contribution is -2.04. The lowest BCUT2D eigenvalue weighted by molar-refractivity contribution is 0.0689. The Kier molecular flexibility index (Phi) is 3.74. The maximum Gasteiger partial charge on any atom is 0.354 e. The highest BCUT2D eigenvalue weighted by Gasteiger charge is 2.13. The zero-order valence-corrected chi connectivity index (χ0v) is 11.1. The number of hydrogen-bond acceptors (Lipinski definition) is 5. The Hall–Kier alpha value is -2.76. The summed E-state index contributed by atoms with van der Waals surface area (Å²) in [6.07, 6.45) is 0. The normalized spacial score (nSPS) is 10.1. The van der Waals surface area contributed by atoms with Gasteiger partial charge in [-0.05, 0) is 36.8 Å². The van der Waals surface area contributed by atoms with Crippen molar-refractivity contribution in [3.63, 3.8) is 0 Å². The Morgan fingerprint density at radius 3 is 2.65 bits per heavy atom. The number of nitrogens with zero attached hydrogens (tertiary/aromatic N) is 1.